The molecule has 0 aromatic carbocycles. The summed E-state index contributed by atoms with van der Waals surface area (Å²) in [6.07, 6.45) is -5.23. The van der Waals surface area contributed by atoms with Crippen LogP contribution < -0.4 is 0 Å². The van der Waals surface area contributed by atoms with Gasteiger partial charge < -0.3 is 20.4 Å². The zero-order chi connectivity index (χ0) is 11.4. The third-order valence-corrected chi connectivity index (χ3v) is 1.88. The Bertz CT molecular complexity index is 248. The van der Waals surface area contributed by atoms with Crippen molar-refractivity contribution >= 4 is 10.4 Å². The SMILES string of the molecule is O=S(=O)(O)O[C@H](CO)[C@H](O)[C@H](O)CO. The minimum atomic E-state index is -4.83. The van der Waals surface area contributed by atoms with Crippen LogP contribution in [0.25, 0.3) is 0 Å². The lowest BCUT2D eigenvalue weighted by atomic mass is 10.1. The van der Waals surface area contributed by atoms with Gasteiger partial charge in [0, 0.05) is 0 Å². The van der Waals surface area contributed by atoms with Gasteiger partial charge in [-0.25, -0.2) is 4.18 Å². The van der Waals surface area contributed by atoms with E-state index in [-0.39, 0.29) is 0 Å². The van der Waals surface area contributed by atoms with Crippen molar-refractivity contribution in [2.45, 2.75) is 18.3 Å². The third kappa shape index (κ3) is 4.81. The maximum atomic E-state index is 10.2. The zero-order valence-electron chi connectivity index (χ0n) is 7.02. The molecule has 0 rings (SSSR count). The Labute approximate surface area is 80.3 Å². The molecule has 0 aliphatic heterocycles. The summed E-state index contributed by atoms with van der Waals surface area (Å²) in [6.45, 7) is -1.79. The number of hydrogen-bond acceptors (Lipinski definition) is 7. The Kier molecular flexibility index (Phi) is 5.44. The van der Waals surface area contributed by atoms with Crippen LogP contribution in [0.2, 0.25) is 0 Å². The highest BCUT2D eigenvalue weighted by Crippen LogP contribution is 2.06. The van der Waals surface area contributed by atoms with Crippen molar-refractivity contribution in [3.05, 3.63) is 0 Å². The fraction of sp³-hybridized carbons (Fsp3) is 1.00. The maximum Gasteiger partial charge on any atom is 0.397 e. The first-order valence-electron chi connectivity index (χ1n) is 3.55. The van der Waals surface area contributed by atoms with Crippen LogP contribution in [0.15, 0.2) is 0 Å². The molecule has 0 saturated heterocycles. The lowest BCUT2D eigenvalue weighted by Gasteiger charge is -2.22. The predicted molar refractivity (Wildman–Crippen MR) is 42.6 cm³/mol. The first kappa shape index (κ1) is 13.7. The highest BCUT2D eigenvalue weighted by Gasteiger charge is 2.29. The van der Waals surface area contributed by atoms with E-state index in [0.29, 0.717) is 0 Å². The lowest BCUT2D eigenvalue weighted by molar-refractivity contribution is -0.0815. The van der Waals surface area contributed by atoms with Crippen molar-refractivity contribution < 1.29 is 37.6 Å². The number of hydrogen-bond donors (Lipinski definition) is 5. The summed E-state index contributed by atoms with van der Waals surface area (Å²) >= 11 is 0. The number of aliphatic hydroxyl groups excluding tert-OH is 4. The summed E-state index contributed by atoms with van der Waals surface area (Å²) < 4.78 is 32.4. The topological polar surface area (TPSA) is 145 Å². The van der Waals surface area contributed by atoms with Crippen LogP contribution in [0, 0.1) is 0 Å². The number of aliphatic hydroxyl groups is 4. The first-order chi connectivity index (χ1) is 6.31. The van der Waals surface area contributed by atoms with Gasteiger partial charge in [0.1, 0.15) is 18.3 Å². The fourth-order valence-electron chi connectivity index (χ4n) is 0.707. The molecule has 9 heteroatoms. The minimum Gasteiger partial charge on any atom is -0.394 e. The summed E-state index contributed by atoms with van der Waals surface area (Å²) in [7, 11) is -4.83. The highest BCUT2D eigenvalue weighted by molar-refractivity contribution is 7.80. The summed E-state index contributed by atoms with van der Waals surface area (Å²) in [5.74, 6) is 0. The van der Waals surface area contributed by atoms with E-state index in [0.717, 1.165) is 0 Å². The second-order valence-corrected chi connectivity index (χ2v) is 3.53. The van der Waals surface area contributed by atoms with E-state index in [2.05, 4.69) is 4.18 Å². The average molecular weight is 232 g/mol. The molecule has 0 aromatic rings. The van der Waals surface area contributed by atoms with Gasteiger partial charge in [0.2, 0.25) is 0 Å². The van der Waals surface area contributed by atoms with Crippen LogP contribution >= 0.6 is 0 Å². The molecule has 8 nitrogen and oxygen atoms in total. The Morgan fingerprint density at radius 1 is 1.14 bits per heavy atom. The molecule has 86 valence electrons. The summed E-state index contributed by atoms with van der Waals surface area (Å²) in [5, 5.41) is 34.9. The summed E-state index contributed by atoms with van der Waals surface area (Å²) in [5.41, 5.74) is 0. The van der Waals surface area contributed by atoms with Gasteiger partial charge in [-0.05, 0) is 0 Å². The minimum absolute atomic E-state index is 0.841. The van der Waals surface area contributed by atoms with Gasteiger partial charge in [-0.2, -0.15) is 8.42 Å². The molecule has 0 bridgehead atoms. The molecule has 0 aliphatic rings. The maximum absolute atomic E-state index is 10.2. The Balaban J connectivity index is 4.41. The van der Waals surface area contributed by atoms with Crippen molar-refractivity contribution in [3.8, 4) is 0 Å². The average Bonchev–Trinajstić information content (AvgIpc) is 2.10. The van der Waals surface area contributed by atoms with E-state index in [4.69, 9.17) is 25.0 Å². The van der Waals surface area contributed by atoms with E-state index < -0.39 is 41.9 Å². The molecular formula is C5H12O8S. The summed E-state index contributed by atoms with van der Waals surface area (Å²) in [6, 6.07) is 0. The molecule has 3 atom stereocenters. The van der Waals surface area contributed by atoms with Crippen LogP contribution in [0.3, 0.4) is 0 Å². The monoisotopic (exact) mass is 232 g/mol. The quantitative estimate of drug-likeness (QED) is 0.302. The molecule has 0 radical (unpaired) electrons. The van der Waals surface area contributed by atoms with E-state index in [1.807, 2.05) is 0 Å². The van der Waals surface area contributed by atoms with Gasteiger partial charge in [-0.3, -0.25) is 4.55 Å². The van der Waals surface area contributed by atoms with Gasteiger partial charge >= 0.3 is 10.4 Å². The van der Waals surface area contributed by atoms with Crippen LogP contribution in [0.1, 0.15) is 0 Å². The molecule has 0 unspecified atom stereocenters. The van der Waals surface area contributed by atoms with Crippen LogP contribution in [-0.4, -0.2) is 64.9 Å². The van der Waals surface area contributed by atoms with Crippen molar-refractivity contribution in [2.75, 3.05) is 13.2 Å². The van der Waals surface area contributed by atoms with Crippen molar-refractivity contribution in [1.82, 2.24) is 0 Å². The Morgan fingerprint density at radius 3 is 1.93 bits per heavy atom. The zero-order valence-corrected chi connectivity index (χ0v) is 7.83. The molecule has 0 saturated carbocycles. The predicted octanol–water partition coefficient (Wildman–Crippen LogP) is -3.12. The van der Waals surface area contributed by atoms with E-state index in [1.54, 1.807) is 0 Å². The second kappa shape index (κ2) is 5.56. The number of rotatable bonds is 6. The standard InChI is InChI=1S/C5H12O8S/c6-1-3(8)5(9)4(2-7)13-14(10,11)12/h3-9H,1-2H2,(H,10,11,12)/t3-,4-,5-/m1/s1. The van der Waals surface area contributed by atoms with Crippen molar-refractivity contribution in [2.24, 2.45) is 0 Å². The van der Waals surface area contributed by atoms with Crippen LogP contribution in [0.4, 0.5) is 0 Å². The highest BCUT2D eigenvalue weighted by atomic mass is 32.3. The first-order valence-corrected chi connectivity index (χ1v) is 4.92. The Morgan fingerprint density at radius 2 is 1.64 bits per heavy atom. The molecule has 14 heavy (non-hydrogen) atoms. The molecule has 0 spiro atoms. The lowest BCUT2D eigenvalue weighted by Crippen LogP contribution is -2.43. The summed E-state index contributed by atoms with van der Waals surface area (Å²) in [4.78, 5) is 0. The van der Waals surface area contributed by atoms with Crippen molar-refractivity contribution in [1.29, 1.82) is 0 Å². The van der Waals surface area contributed by atoms with Crippen LogP contribution in [0.5, 0.6) is 0 Å². The molecule has 0 amide bonds. The molecule has 0 aliphatic carbocycles. The Hall–Kier alpha value is -0.290. The molecule has 0 aromatic heterocycles. The van der Waals surface area contributed by atoms with Crippen molar-refractivity contribution in [3.63, 3.8) is 0 Å². The fourth-order valence-corrected chi connectivity index (χ4v) is 1.19. The van der Waals surface area contributed by atoms with Gasteiger partial charge in [-0.15, -0.1) is 0 Å². The van der Waals surface area contributed by atoms with Gasteiger partial charge in [0.25, 0.3) is 0 Å². The molecule has 0 fully saturated rings. The van der Waals surface area contributed by atoms with Gasteiger partial charge in [0.15, 0.2) is 0 Å². The third-order valence-electron chi connectivity index (χ3n) is 1.39. The largest absolute Gasteiger partial charge is 0.397 e. The molecular weight excluding hydrogens is 220 g/mol. The smallest absolute Gasteiger partial charge is 0.394 e. The van der Waals surface area contributed by atoms with Gasteiger partial charge in [-0.1, -0.05) is 0 Å². The molecule has 0 heterocycles. The van der Waals surface area contributed by atoms with E-state index >= 15 is 0 Å². The van der Waals surface area contributed by atoms with E-state index in [9.17, 15) is 8.42 Å². The normalized spacial score (nSPS) is 18.9. The van der Waals surface area contributed by atoms with E-state index in [1.165, 1.54) is 0 Å². The van der Waals surface area contributed by atoms with Crippen LogP contribution in [-0.2, 0) is 14.6 Å². The second-order valence-electron chi connectivity index (χ2n) is 2.49. The van der Waals surface area contributed by atoms with Gasteiger partial charge in [0.05, 0.1) is 13.2 Å². The molecule has 5 N–H and O–H groups in total.